The topological polar surface area (TPSA) is 80.9 Å². The van der Waals surface area contributed by atoms with Crippen LogP contribution in [0.15, 0.2) is 27.6 Å². The summed E-state index contributed by atoms with van der Waals surface area (Å²) < 4.78 is 41.3. The molecular weight excluding hydrogens is 509 g/mol. The smallest absolute Gasteiger partial charge is 0.387 e. The Hall–Kier alpha value is -2.11. The first kappa shape index (κ1) is 25.9. The van der Waals surface area contributed by atoms with Gasteiger partial charge in [-0.15, -0.1) is 24.0 Å². The molecule has 2 aromatic rings. The zero-order valence-electron chi connectivity index (χ0n) is 17.6. The van der Waals surface area contributed by atoms with E-state index in [0.29, 0.717) is 42.9 Å². The number of ether oxygens (including phenoxy) is 2. The average molecular weight is 538 g/mol. The van der Waals surface area contributed by atoms with E-state index in [0.717, 1.165) is 17.9 Å². The van der Waals surface area contributed by atoms with Crippen molar-refractivity contribution in [1.82, 2.24) is 15.6 Å². The van der Waals surface area contributed by atoms with Crippen molar-refractivity contribution >= 4 is 29.9 Å². The number of alkyl halides is 2. The van der Waals surface area contributed by atoms with Gasteiger partial charge in [0.2, 0.25) is 5.89 Å². The molecule has 0 saturated carbocycles. The van der Waals surface area contributed by atoms with Crippen molar-refractivity contribution in [2.24, 2.45) is 4.99 Å². The molecule has 0 saturated heterocycles. The lowest BCUT2D eigenvalue weighted by molar-refractivity contribution is -0.0505. The van der Waals surface area contributed by atoms with Gasteiger partial charge in [0.1, 0.15) is 17.3 Å². The number of hydrogen-bond acceptors (Lipinski definition) is 5. The average Bonchev–Trinajstić information content (AvgIpc) is 3.00. The Balaban J connectivity index is 0.00000450. The van der Waals surface area contributed by atoms with Crippen LogP contribution in [0, 0.1) is 13.8 Å². The fourth-order valence-electron chi connectivity index (χ4n) is 2.46. The Labute approximate surface area is 192 Å². The molecular formula is C20H29F2IN4O3. The molecule has 0 amide bonds. The second-order valence-corrected chi connectivity index (χ2v) is 6.29. The number of guanidine groups is 1. The maximum Gasteiger partial charge on any atom is 0.387 e. The van der Waals surface area contributed by atoms with Gasteiger partial charge in [0.15, 0.2) is 5.96 Å². The summed E-state index contributed by atoms with van der Waals surface area (Å²) in [7, 11) is 0. The summed E-state index contributed by atoms with van der Waals surface area (Å²) in [5.74, 6) is 2.35. The maximum absolute atomic E-state index is 12.8. The quantitative estimate of drug-likeness (QED) is 0.263. The van der Waals surface area contributed by atoms with Gasteiger partial charge in [-0.3, -0.25) is 0 Å². The lowest BCUT2D eigenvalue weighted by atomic mass is 10.2. The van der Waals surface area contributed by atoms with Crippen molar-refractivity contribution < 1.29 is 22.7 Å². The molecule has 2 rings (SSSR count). The normalized spacial score (nSPS) is 11.2. The lowest BCUT2D eigenvalue weighted by Crippen LogP contribution is -2.36. The standard InChI is InChI=1S/C20H28F2N4O3.HI/c1-5-9-27-16-8-7-15(17(10-16)29-19(21)22)11-24-20(23-6-2)25-12-18-26-13(3)14(4)28-18;/h7-8,10,19H,5-6,9,11-12H2,1-4H3,(H2,23,24,25);1H. The summed E-state index contributed by atoms with van der Waals surface area (Å²) in [4.78, 5) is 8.76. The summed E-state index contributed by atoms with van der Waals surface area (Å²) in [6, 6.07) is 4.86. The molecule has 168 valence electrons. The van der Waals surface area contributed by atoms with Gasteiger partial charge in [0, 0.05) is 18.2 Å². The SMILES string of the molecule is CCCOc1ccc(CN=C(NCC)NCc2nc(C)c(C)o2)c(OC(F)F)c1.I. The first-order valence-corrected chi connectivity index (χ1v) is 9.58. The summed E-state index contributed by atoms with van der Waals surface area (Å²) in [5.41, 5.74) is 1.36. The molecule has 0 aliphatic carbocycles. The molecule has 7 nitrogen and oxygen atoms in total. The van der Waals surface area contributed by atoms with Crippen molar-refractivity contribution in [3.8, 4) is 11.5 Å². The Bertz CT molecular complexity index is 796. The molecule has 0 spiro atoms. The molecule has 0 aliphatic heterocycles. The molecule has 1 heterocycles. The van der Waals surface area contributed by atoms with Crippen LogP contribution >= 0.6 is 24.0 Å². The van der Waals surface area contributed by atoms with Crippen molar-refractivity contribution in [1.29, 1.82) is 0 Å². The minimum atomic E-state index is -2.93. The number of aryl methyl sites for hydroxylation is 2. The molecule has 0 bridgehead atoms. The number of nitrogens with one attached hydrogen (secondary N) is 2. The molecule has 2 N–H and O–H groups in total. The fourth-order valence-corrected chi connectivity index (χ4v) is 2.46. The number of nitrogens with zero attached hydrogens (tertiary/aromatic N) is 2. The third-order valence-electron chi connectivity index (χ3n) is 3.96. The number of hydrogen-bond donors (Lipinski definition) is 2. The number of halogens is 3. The van der Waals surface area contributed by atoms with Gasteiger partial charge >= 0.3 is 6.61 Å². The van der Waals surface area contributed by atoms with Crippen LogP contribution in [0.2, 0.25) is 0 Å². The lowest BCUT2D eigenvalue weighted by Gasteiger charge is -2.13. The van der Waals surface area contributed by atoms with Crippen molar-refractivity contribution in [3.63, 3.8) is 0 Å². The van der Waals surface area contributed by atoms with Crippen molar-refractivity contribution in [2.75, 3.05) is 13.2 Å². The van der Waals surface area contributed by atoms with Crippen molar-refractivity contribution in [2.45, 2.75) is 53.8 Å². The van der Waals surface area contributed by atoms with Gasteiger partial charge < -0.3 is 24.5 Å². The van der Waals surface area contributed by atoms with E-state index >= 15 is 0 Å². The molecule has 1 aromatic carbocycles. The van der Waals surface area contributed by atoms with Gasteiger partial charge in [-0.2, -0.15) is 8.78 Å². The van der Waals surface area contributed by atoms with Crippen LogP contribution in [-0.2, 0) is 13.1 Å². The van der Waals surface area contributed by atoms with Crippen LogP contribution in [0.1, 0.15) is 43.2 Å². The van der Waals surface area contributed by atoms with E-state index in [2.05, 4.69) is 25.3 Å². The highest BCUT2D eigenvalue weighted by Gasteiger charge is 2.12. The number of oxazole rings is 1. The highest BCUT2D eigenvalue weighted by atomic mass is 127. The third-order valence-corrected chi connectivity index (χ3v) is 3.96. The summed E-state index contributed by atoms with van der Waals surface area (Å²) in [6.45, 7) is 6.34. The summed E-state index contributed by atoms with van der Waals surface area (Å²) in [5, 5.41) is 6.22. The number of benzene rings is 1. The number of aromatic nitrogens is 1. The molecule has 0 aliphatic rings. The molecule has 0 fully saturated rings. The molecule has 0 atom stereocenters. The van der Waals surface area contributed by atoms with E-state index in [1.165, 1.54) is 6.07 Å². The minimum absolute atomic E-state index is 0. The van der Waals surface area contributed by atoms with Gasteiger partial charge in [0.05, 0.1) is 25.4 Å². The number of aliphatic imine (C=N–C) groups is 1. The molecule has 30 heavy (non-hydrogen) atoms. The predicted octanol–water partition coefficient (Wildman–Crippen LogP) is 4.55. The second kappa shape index (κ2) is 13.2. The van der Waals surface area contributed by atoms with Crippen LogP contribution < -0.4 is 20.1 Å². The molecule has 1 aromatic heterocycles. The Morgan fingerprint density at radius 2 is 2.00 bits per heavy atom. The van der Waals surface area contributed by atoms with E-state index in [1.807, 2.05) is 27.7 Å². The first-order chi connectivity index (χ1) is 13.9. The minimum Gasteiger partial charge on any atom is -0.493 e. The summed E-state index contributed by atoms with van der Waals surface area (Å²) >= 11 is 0. The van der Waals surface area contributed by atoms with E-state index < -0.39 is 6.61 Å². The zero-order valence-corrected chi connectivity index (χ0v) is 20.0. The fraction of sp³-hybridized carbons (Fsp3) is 0.500. The Kier molecular flexibility index (Phi) is 11.4. The second-order valence-electron chi connectivity index (χ2n) is 6.29. The van der Waals surface area contributed by atoms with Crippen LogP contribution in [0.5, 0.6) is 11.5 Å². The van der Waals surface area contributed by atoms with Gasteiger partial charge in [-0.25, -0.2) is 9.98 Å². The van der Waals surface area contributed by atoms with Crippen molar-refractivity contribution in [3.05, 3.63) is 41.1 Å². The third kappa shape index (κ3) is 8.33. The van der Waals surface area contributed by atoms with Crippen LogP contribution in [0.3, 0.4) is 0 Å². The largest absolute Gasteiger partial charge is 0.493 e. The predicted molar refractivity (Wildman–Crippen MR) is 122 cm³/mol. The maximum atomic E-state index is 12.8. The highest BCUT2D eigenvalue weighted by molar-refractivity contribution is 14.0. The van der Waals surface area contributed by atoms with Crippen LogP contribution in [0.4, 0.5) is 8.78 Å². The number of rotatable bonds is 10. The van der Waals surface area contributed by atoms with E-state index in [-0.39, 0.29) is 36.3 Å². The monoisotopic (exact) mass is 538 g/mol. The van der Waals surface area contributed by atoms with E-state index in [9.17, 15) is 8.78 Å². The zero-order chi connectivity index (χ0) is 21.2. The van der Waals surface area contributed by atoms with Crippen LogP contribution in [-0.4, -0.2) is 30.7 Å². The van der Waals surface area contributed by atoms with Gasteiger partial charge in [0.25, 0.3) is 0 Å². The van der Waals surface area contributed by atoms with Crippen LogP contribution in [0.25, 0.3) is 0 Å². The van der Waals surface area contributed by atoms with E-state index in [4.69, 9.17) is 9.15 Å². The Morgan fingerprint density at radius 3 is 2.60 bits per heavy atom. The molecule has 0 radical (unpaired) electrons. The molecule has 10 heteroatoms. The summed E-state index contributed by atoms with van der Waals surface area (Å²) in [6.07, 6.45) is 0.818. The highest BCUT2D eigenvalue weighted by Crippen LogP contribution is 2.27. The first-order valence-electron chi connectivity index (χ1n) is 9.58. The van der Waals surface area contributed by atoms with Gasteiger partial charge in [-0.05, 0) is 39.3 Å². The molecule has 0 unspecified atom stereocenters. The van der Waals surface area contributed by atoms with E-state index in [1.54, 1.807) is 12.1 Å². The Morgan fingerprint density at radius 1 is 1.23 bits per heavy atom. The van der Waals surface area contributed by atoms with Gasteiger partial charge in [-0.1, -0.05) is 6.92 Å².